The average Bonchev–Trinajstić information content (AvgIpc) is 1.65. The molecule has 2 nitrogen and oxygen atoms in total. The molecule has 0 saturated heterocycles. The van der Waals surface area contributed by atoms with Crippen molar-refractivity contribution in [3.63, 3.8) is 0 Å². The van der Waals surface area contributed by atoms with E-state index in [0.717, 1.165) is 10.2 Å². The molecule has 0 amide bonds. The van der Waals surface area contributed by atoms with Crippen LogP contribution < -0.4 is 29.6 Å². The van der Waals surface area contributed by atoms with Gasteiger partial charge >= 0.3 is 29.6 Å². The van der Waals surface area contributed by atoms with E-state index in [4.69, 9.17) is 9.47 Å². The van der Waals surface area contributed by atoms with Crippen LogP contribution in [0.3, 0.4) is 0 Å². The maximum Gasteiger partial charge on any atom is 1.00 e. The Morgan fingerprint density at radius 1 is 1.43 bits per heavy atom. The van der Waals surface area contributed by atoms with Gasteiger partial charge in [-0.1, -0.05) is 0 Å². The largest absolute Gasteiger partial charge is 1.00 e. The van der Waals surface area contributed by atoms with Gasteiger partial charge in [0.1, 0.15) is 5.91 Å². The van der Waals surface area contributed by atoms with Crippen molar-refractivity contribution in [3.05, 3.63) is 0 Å². The average molecular weight is 130 g/mol. The molecule has 0 atom stereocenters. The van der Waals surface area contributed by atoms with Gasteiger partial charge in [0.2, 0.25) is 0 Å². The number of methoxy groups -OCH3 is 2. The van der Waals surface area contributed by atoms with Gasteiger partial charge in [-0.05, 0) is 0 Å². The third-order valence-electron chi connectivity index (χ3n) is 0.664. The molecule has 0 aromatic carbocycles. The van der Waals surface area contributed by atoms with Gasteiger partial charge in [0, 0.05) is 14.2 Å². The summed E-state index contributed by atoms with van der Waals surface area (Å²) < 4.78 is 9.48. The number of hydrogen-bond donors (Lipinski definition) is 0. The Bertz CT molecular complexity index is 36.5. The second kappa shape index (κ2) is 7.14. The van der Waals surface area contributed by atoms with E-state index in [9.17, 15) is 0 Å². The first-order chi connectivity index (χ1) is 2.81. The van der Waals surface area contributed by atoms with Crippen molar-refractivity contribution in [3.8, 4) is 0 Å². The second-order valence-corrected chi connectivity index (χ2v) is 1.98. The Morgan fingerprint density at radius 2 is 1.71 bits per heavy atom. The van der Waals surface area contributed by atoms with Crippen molar-refractivity contribution in [2.45, 2.75) is 5.91 Å². The summed E-state index contributed by atoms with van der Waals surface area (Å²) >= 11 is 0. The molecule has 0 aromatic heterocycles. The summed E-state index contributed by atoms with van der Waals surface area (Å²) in [6.45, 7) is 0. The number of rotatable bonds is 2. The van der Waals surface area contributed by atoms with Crippen molar-refractivity contribution < 1.29 is 40.5 Å². The molecule has 0 unspecified atom stereocenters. The third kappa shape index (κ3) is 7.14. The minimum absolute atomic E-state index is 0. The summed E-state index contributed by atoms with van der Waals surface area (Å²) in [7, 11) is 4.23. The summed E-state index contributed by atoms with van der Waals surface area (Å²) in [5, 5.41) is 0. The SMILES string of the molecule is COC([SiH3])OC.[H-].[Na+]. The first-order valence-corrected chi connectivity index (χ1v) is 3.02. The van der Waals surface area contributed by atoms with E-state index in [1.165, 1.54) is 0 Å². The Morgan fingerprint density at radius 3 is 1.71 bits per heavy atom. The van der Waals surface area contributed by atoms with E-state index in [1.807, 2.05) is 0 Å². The normalized spacial score (nSPS) is 9.00. The van der Waals surface area contributed by atoms with Gasteiger partial charge in [-0.15, -0.1) is 0 Å². The van der Waals surface area contributed by atoms with Crippen LogP contribution in [0.5, 0.6) is 0 Å². The maximum absolute atomic E-state index is 4.74. The first-order valence-electron chi connectivity index (χ1n) is 1.87. The van der Waals surface area contributed by atoms with Crippen LogP contribution >= 0.6 is 0 Å². The molecule has 0 radical (unpaired) electrons. The van der Waals surface area contributed by atoms with Crippen molar-refractivity contribution in [1.29, 1.82) is 0 Å². The minimum atomic E-state index is 0. The monoisotopic (exact) mass is 130 g/mol. The van der Waals surface area contributed by atoms with Crippen molar-refractivity contribution >= 4 is 10.2 Å². The van der Waals surface area contributed by atoms with Gasteiger partial charge in [0.05, 0.1) is 10.2 Å². The molecule has 0 rings (SSSR count). The van der Waals surface area contributed by atoms with Crippen LogP contribution in [0.15, 0.2) is 0 Å². The molecule has 0 saturated carbocycles. The van der Waals surface area contributed by atoms with Crippen molar-refractivity contribution in [2.24, 2.45) is 0 Å². The molecule has 0 aromatic rings. The fraction of sp³-hybridized carbons (Fsp3) is 1.00. The molecule has 0 aliphatic rings. The summed E-state index contributed by atoms with van der Waals surface area (Å²) in [5.41, 5.74) is 0. The molecule has 0 fully saturated rings. The van der Waals surface area contributed by atoms with E-state index in [0.29, 0.717) is 0 Å². The van der Waals surface area contributed by atoms with Crippen LogP contribution in [0.1, 0.15) is 1.43 Å². The second-order valence-electron chi connectivity index (χ2n) is 1.04. The predicted molar refractivity (Wildman–Crippen MR) is 28.9 cm³/mol. The van der Waals surface area contributed by atoms with E-state index < -0.39 is 0 Å². The smallest absolute Gasteiger partial charge is 1.00 e. The Hall–Kier alpha value is 1.14. The standard InChI is InChI=1S/C3H10O2Si.Na.H/c1-4-3(6)5-2;;/h3H,1-2,6H3;;/q;+1;-1. The summed E-state index contributed by atoms with van der Waals surface area (Å²) in [4.78, 5) is 0. The molecule has 4 heteroatoms. The van der Waals surface area contributed by atoms with E-state index >= 15 is 0 Å². The Kier molecular flexibility index (Phi) is 11.2. The van der Waals surface area contributed by atoms with Crippen molar-refractivity contribution in [1.82, 2.24) is 0 Å². The summed E-state index contributed by atoms with van der Waals surface area (Å²) in [6, 6.07) is 0. The van der Waals surface area contributed by atoms with Gasteiger partial charge in [-0.3, -0.25) is 0 Å². The topological polar surface area (TPSA) is 18.5 Å². The minimum Gasteiger partial charge on any atom is -1.00 e. The zero-order valence-corrected chi connectivity index (χ0v) is 9.39. The third-order valence-corrected chi connectivity index (χ3v) is 1.61. The maximum atomic E-state index is 4.74. The van der Waals surface area contributed by atoms with Crippen LogP contribution in [0, 0.1) is 0 Å². The van der Waals surface area contributed by atoms with Crippen LogP contribution in [0.25, 0.3) is 0 Å². The molecule has 7 heavy (non-hydrogen) atoms. The van der Waals surface area contributed by atoms with Gasteiger partial charge in [-0.2, -0.15) is 0 Å². The van der Waals surface area contributed by atoms with Crippen LogP contribution in [0.2, 0.25) is 0 Å². The van der Waals surface area contributed by atoms with Gasteiger partial charge in [0.15, 0.2) is 0 Å². The number of hydrogen-bond acceptors (Lipinski definition) is 2. The first kappa shape index (κ1) is 11.0. The van der Waals surface area contributed by atoms with Gasteiger partial charge in [-0.25, -0.2) is 0 Å². The number of ether oxygens (including phenoxy) is 2. The van der Waals surface area contributed by atoms with Crippen LogP contribution in [0.4, 0.5) is 0 Å². The predicted octanol–water partition coefficient (Wildman–Crippen LogP) is -3.96. The molecular weight excluding hydrogens is 119 g/mol. The fourth-order valence-electron chi connectivity index (χ4n) is 0.0962. The van der Waals surface area contributed by atoms with Crippen LogP contribution in [-0.4, -0.2) is 30.4 Å². The molecule has 0 bridgehead atoms. The van der Waals surface area contributed by atoms with Gasteiger partial charge in [0.25, 0.3) is 0 Å². The fourth-order valence-corrected chi connectivity index (χ4v) is 0.0962. The molecule has 40 valence electrons. The van der Waals surface area contributed by atoms with E-state index in [1.54, 1.807) is 14.2 Å². The molecule has 0 aliphatic heterocycles. The molecule has 0 spiro atoms. The molecular formula is C3H11NaO2Si. The van der Waals surface area contributed by atoms with Gasteiger partial charge < -0.3 is 10.9 Å². The van der Waals surface area contributed by atoms with Crippen LogP contribution in [-0.2, 0) is 9.47 Å². The van der Waals surface area contributed by atoms with E-state index in [2.05, 4.69) is 0 Å². The zero-order chi connectivity index (χ0) is 4.99. The quantitative estimate of drug-likeness (QED) is 0.280. The Balaban J connectivity index is -0.000000125. The molecule has 0 N–H and O–H groups in total. The van der Waals surface area contributed by atoms with Crippen molar-refractivity contribution in [2.75, 3.05) is 14.2 Å². The molecule has 0 heterocycles. The Labute approximate surface area is 70.8 Å². The van der Waals surface area contributed by atoms with E-state index in [-0.39, 0.29) is 36.9 Å². The summed E-state index contributed by atoms with van der Waals surface area (Å²) in [5.74, 6) is 0.0741. The zero-order valence-electron chi connectivity index (χ0n) is 6.39. The molecule has 0 aliphatic carbocycles. The summed E-state index contributed by atoms with van der Waals surface area (Å²) in [6.07, 6.45) is 0.